The van der Waals surface area contributed by atoms with E-state index in [-0.39, 0.29) is 0 Å². The third-order valence-electron chi connectivity index (χ3n) is 3.20. The van der Waals surface area contributed by atoms with Crippen molar-refractivity contribution < 1.29 is 4.74 Å². The highest BCUT2D eigenvalue weighted by atomic mass is 32.1. The Labute approximate surface area is 128 Å². The molecule has 0 aliphatic rings. The van der Waals surface area contributed by atoms with E-state index >= 15 is 0 Å². The number of nitrogens with zero attached hydrogens (tertiary/aromatic N) is 1. The normalized spacial score (nSPS) is 10.9. The SMILES string of the molecule is CCOc1ccccc1CNCc1nc2ccccc2s1. The van der Waals surface area contributed by atoms with Gasteiger partial charge in [0.25, 0.3) is 0 Å². The van der Waals surface area contributed by atoms with E-state index in [0.717, 1.165) is 29.4 Å². The first-order valence-corrected chi connectivity index (χ1v) is 7.94. The van der Waals surface area contributed by atoms with Crippen LogP contribution >= 0.6 is 11.3 Å². The maximum Gasteiger partial charge on any atom is 0.123 e. The Kier molecular flexibility index (Phi) is 4.48. The van der Waals surface area contributed by atoms with E-state index in [2.05, 4.69) is 34.6 Å². The van der Waals surface area contributed by atoms with Gasteiger partial charge in [-0.3, -0.25) is 0 Å². The van der Waals surface area contributed by atoms with Gasteiger partial charge in [0.05, 0.1) is 16.8 Å². The summed E-state index contributed by atoms with van der Waals surface area (Å²) < 4.78 is 6.87. The van der Waals surface area contributed by atoms with Gasteiger partial charge in [0, 0.05) is 18.7 Å². The second-order valence-electron chi connectivity index (χ2n) is 4.72. The highest BCUT2D eigenvalue weighted by molar-refractivity contribution is 7.18. The number of hydrogen-bond donors (Lipinski definition) is 1. The van der Waals surface area contributed by atoms with Gasteiger partial charge in [-0.15, -0.1) is 11.3 Å². The standard InChI is InChI=1S/C17H18N2OS/c1-2-20-15-9-5-3-7-13(15)11-18-12-17-19-14-8-4-6-10-16(14)21-17/h3-10,18H,2,11-12H2,1H3. The molecular weight excluding hydrogens is 280 g/mol. The van der Waals surface area contributed by atoms with Crippen LogP contribution < -0.4 is 10.1 Å². The second kappa shape index (κ2) is 6.70. The molecule has 2 aromatic carbocycles. The van der Waals surface area contributed by atoms with Crippen LogP contribution in [0, 0.1) is 0 Å². The molecule has 0 radical (unpaired) electrons. The number of fused-ring (bicyclic) bond motifs is 1. The Balaban J connectivity index is 1.63. The first-order valence-electron chi connectivity index (χ1n) is 7.12. The number of thiazole rings is 1. The molecule has 3 nitrogen and oxygen atoms in total. The topological polar surface area (TPSA) is 34.1 Å². The average Bonchev–Trinajstić information content (AvgIpc) is 2.92. The van der Waals surface area contributed by atoms with Crippen LogP contribution in [0.5, 0.6) is 5.75 Å². The molecule has 1 N–H and O–H groups in total. The molecule has 21 heavy (non-hydrogen) atoms. The van der Waals surface area contributed by atoms with Crippen molar-refractivity contribution in [3.63, 3.8) is 0 Å². The minimum atomic E-state index is 0.689. The zero-order valence-corrected chi connectivity index (χ0v) is 12.8. The van der Waals surface area contributed by atoms with Gasteiger partial charge in [-0.2, -0.15) is 0 Å². The molecule has 0 bridgehead atoms. The van der Waals surface area contributed by atoms with Crippen LogP contribution in [0.4, 0.5) is 0 Å². The van der Waals surface area contributed by atoms with Crippen molar-refractivity contribution in [1.29, 1.82) is 0 Å². The fourth-order valence-electron chi connectivity index (χ4n) is 2.25. The fraction of sp³-hybridized carbons (Fsp3) is 0.235. The molecule has 3 rings (SSSR count). The molecule has 0 saturated carbocycles. The molecule has 0 atom stereocenters. The molecule has 0 fully saturated rings. The molecule has 0 aliphatic heterocycles. The largest absolute Gasteiger partial charge is 0.494 e. The van der Waals surface area contributed by atoms with E-state index in [4.69, 9.17) is 4.74 Å². The smallest absolute Gasteiger partial charge is 0.123 e. The molecular formula is C17H18N2OS. The van der Waals surface area contributed by atoms with E-state index in [0.29, 0.717) is 6.61 Å². The monoisotopic (exact) mass is 298 g/mol. The summed E-state index contributed by atoms with van der Waals surface area (Å²) in [5, 5.41) is 4.56. The predicted molar refractivity (Wildman–Crippen MR) is 87.8 cm³/mol. The van der Waals surface area contributed by atoms with Crippen LogP contribution in [0.15, 0.2) is 48.5 Å². The first-order chi connectivity index (χ1) is 10.4. The number of rotatable bonds is 6. The lowest BCUT2D eigenvalue weighted by Gasteiger charge is -2.10. The van der Waals surface area contributed by atoms with Crippen molar-refractivity contribution in [2.75, 3.05) is 6.61 Å². The third kappa shape index (κ3) is 3.40. The van der Waals surface area contributed by atoms with E-state index in [9.17, 15) is 0 Å². The molecule has 4 heteroatoms. The molecule has 0 saturated heterocycles. The molecule has 0 aliphatic carbocycles. The summed E-state index contributed by atoms with van der Waals surface area (Å²) in [5.74, 6) is 0.955. The highest BCUT2D eigenvalue weighted by Crippen LogP contribution is 2.22. The van der Waals surface area contributed by atoms with Crippen molar-refractivity contribution in [2.45, 2.75) is 20.0 Å². The number of nitrogens with one attached hydrogen (secondary N) is 1. The van der Waals surface area contributed by atoms with Crippen molar-refractivity contribution in [3.05, 3.63) is 59.1 Å². The molecule has 1 aromatic heterocycles. The Bertz CT molecular complexity index is 690. The van der Waals surface area contributed by atoms with Crippen LogP contribution in [0.2, 0.25) is 0 Å². The summed E-state index contributed by atoms with van der Waals surface area (Å²) in [6.45, 7) is 4.26. The Morgan fingerprint density at radius 1 is 1.05 bits per heavy atom. The van der Waals surface area contributed by atoms with Crippen LogP contribution in [0.1, 0.15) is 17.5 Å². The summed E-state index contributed by atoms with van der Waals surface area (Å²) >= 11 is 1.74. The van der Waals surface area contributed by atoms with Crippen molar-refractivity contribution >= 4 is 21.6 Å². The fourth-order valence-corrected chi connectivity index (χ4v) is 3.18. The zero-order valence-electron chi connectivity index (χ0n) is 12.0. The maximum absolute atomic E-state index is 5.63. The van der Waals surface area contributed by atoms with Crippen LogP contribution in [0.25, 0.3) is 10.2 Å². The third-order valence-corrected chi connectivity index (χ3v) is 4.24. The molecule has 0 spiro atoms. The van der Waals surface area contributed by atoms with Gasteiger partial charge in [0.2, 0.25) is 0 Å². The number of ether oxygens (including phenoxy) is 1. The summed E-state index contributed by atoms with van der Waals surface area (Å²) in [4.78, 5) is 4.63. The van der Waals surface area contributed by atoms with Crippen molar-refractivity contribution in [2.24, 2.45) is 0 Å². The van der Waals surface area contributed by atoms with Gasteiger partial charge in [0.1, 0.15) is 10.8 Å². The molecule has 3 aromatic rings. The first kappa shape index (κ1) is 14.0. The molecule has 0 amide bonds. The maximum atomic E-state index is 5.63. The van der Waals surface area contributed by atoms with Gasteiger partial charge < -0.3 is 10.1 Å². The molecule has 108 valence electrons. The Morgan fingerprint density at radius 3 is 2.71 bits per heavy atom. The second-order valence-corrected chi connectivity index (χ2v) is 5.83. The van der Waals surface area contributed by atoms with Crippen LogP contribution in [-0.2, 0) is 13.1 Å². The average molecular weight is 298 g/mol. The minimum Gasteiger partial charge on any atom is -0.494 e. The Hall–Kier alpha value is -1.91. The van der Waals surface area contributed by atoms with E-state index in [1.807, 2.05) is 31.2 Å². The summed E-state index contributed by atoms with van der Waals surface area (Å²) in [6.07, 6.45) is 0. The van der Waals surface area contributed by atoms with E-state index in [1.54, 1.807) is 11.3 Å². The molecule has 1 heterocycles. The van der Waals surface area contributed by atoms with Crippen molar-refractivity contribution in [1.82, 2.24) is 10.3 Å². The van der Waals surface area contributed by atoms with Gasteiger partial charge in [-0.1, -0.05) is 30.3 Å². The van der Waals surface area contributed by atoms with Gasteiger partial charge >= 0.3 is 0 Å². The number of para-hydroxylation sites is 2. The summed E-state index contributed by atoms with van der Waals surface area (Å²) in [6, 6.07) is 16.4. The highest BCUT2D eigenvalue weighted by Gasteiger charge is 2.05. The van der Waals surface area contributed by atoms with Gasteiger partial charge in [0.15, 0.2) is 0 Å². The Morgan fingerprint density at radius 2 is 1.86 bits per heavy atom. The lowest BCUT2D eigenvalue weighted by atomic mass is 10.2. The summed E-state index contributed by atoms with van der Waals surface area (Å²) in [5.41, 5.74) is 2.26. The lowest BCUT2D eigenvalue weighted by molar-refractivity contribution is 0.335. The lowest BCUT2D eigenvalue weighted by Crippen LogP contribution is -2.13. The van der Waals surface area contributed by atoms with Crippen LogP contribution in [0.3, 0.4) is 0 Å². The molecule has 0 unspecified atom stereocenters. The minimum absolute atomic E-state index is 0.689. The van der Waals surface area contributed by atoms with Gasteiger partial charge in [-0.25, -0.2) is 4.98 Å². The van der Waals surface area contributed by atoms with E-state index in [1.165, 1.54) is 10.3 Å². The number of aromatic nitrogens is 1. The van der Waals surface area contributed by atoms with Crippen LogP contribution in [-0.4, -0.2) is 11.6 Å². The number of hydrogen-bond acceptors (Lipinski definition) is 4. The predicted octanol–water partition coefficient (Wildman–Crippen LogP) is 3.98. The summed E-state index contributed by atoms with van der Waals surface area (Å²) in [7, 11) is 0. The quantitative estimate of drug-likeness (QED) is 0.747. The van der Waals surface area contributed by atoms with E-state index < -0.39 is 0 Å². The van der Waals surface area contributed by atoms with Gasteiger partial charge in [-0.05, 0) is 25.1 Å². The number of benzene rings is 2. The zero-order chi connectivity index (χ0) is 14.5. The van der Waals surface area contributed by atoms with Crippen molar-refractivity contribution in [3.8, 4) is 5.75 Å².